The Morgan fingerprint density at radius 3 is 1.13 bits per heavy atom. The first-order chi connectivity index (χ1) is 45.2. The molecule has 93 heavy (non-hydrogen) atoms. The molecule has 502 valence electrons. The normalized spacial score (nSPS) is 12.4. The number of allylic oxidation sites excluding steroid dienone is 4. The van der Waals surface area contributed by atoms with Gasteiger partial charge >= 0.3 is 0 Å². The van der Waals surface area contributed by atoms with Crippen LogP contribution in [0, 0.1) is 69.3 Å². The molecule has 7 nitrogen and oxygen atoms in total. The van der Waals surface area contributed by atoms with Crippen LogP contribution in [0.5, 0.6) is 23.0 Å². The molecule has 9 heteroatoms. The van der Waals surface area contributed by atoms with Crippen LogP contribution in [-0.2, 0) is 0 Å². The van der Waals surface area contributed by atoms with Crippen molar-refractivity contribution in [3.05, 3.63) is 93.6 Å². The van der Waals surface area contributed by atoms with E-state index in [-0.39, 0.29) is 0 Å². The average Bonchev–Trinajstić information content (AvgIpc) is 1.71. The highest BCUT2D eigenvalue weighted by molar-refractivity contribution is 6.90. The zero-order chi connectivity index (χ0) is 67.1. The third-order valence-corrected chi connectivity index (χ3v) is 31.1. The molecule has 2 aliphatic rings. The SMILES string of the molecule is CCCCCCCCOc1cc(C#C[Si](CCCC#N)(C(C)C)C(C)C)c(OCCCCCCCC)cc1C#CC1=CC=C2C(=Nc3cc(C#Cc4cc(OCCCCCCCC)c(C#C[Si](CCCC#N)(C(C)C)C(C)C)cc4OCCCCCCCC)ccc32)C1. The van der Waals surface area contributed by atoms with E-state index in [2.05, 4.69) is 196 Å². The molecule has 0 amide bonds. The zero-order valence-electron chi connectivity index (χ0n) is 60.2. The smallest absolute Gasteiger partial charge is 0.143 e. The van der Waals surface area contributed by atoms with Gasteiger partial charge in [-0.05, 0) is 91.0 Å². The number of fused-ring (bicyclic) bond motifs is 3. The largest absolute Gasteiger partial charge is 0.492 e. The fourth-order valence-electron chi connectivity index (χ4n) is 13.1. The molecule has 0 saturated carbocycles. The van der Waals surface area contributed by atoms with Gasteiger partial charge in [0.2, 0.25) is 0 Å². The quantitative estimate of drug-likeness (QED) is 0.0318. The van der Waals surface area contributed by atoms with Crippen molar-refractivity contribution in [1.82, 2.24) is 0 Å². The van der Waals surface area contributed by atoms with Crippen molar-refractivity contribution in [1.29, 1.82) is 10.5 Å². The van der Waals surface area contributed by atoms with Crippen LogP contribution in [-0.4, -0.2) is 48.3 Å². The minimum atomic E-state index is -2.15. The van der Waals surface area contributed by atoms with E-state index in [4.69, 9.17) is 23.9 Å². The van der Waals surface area contributed by atoms with E-state index in [0.29, 0.717) is 67.9 Å². The Morgan fingerprint density at radius 1 is 0.409 bits per heavy atom. The Labute approximate surface area is 569 Å². The van der Waals surface area contributed by atoms with Crippen molar-refractivity contribution < 1.29 is 18.9 Å². The van der Waals surface area contributed by atoms with E-state index in [1.165, 1.54) is 103 Å². The molecule has 0 aromatic heterocycles. The number of nitriles is 2. The first kappa shape index (κ1) is 77.4. The number of benzene rings is 3. The molecule has 0 atom stereocenters. The van der Waals surface area contributed by atoms with E-state index in [1.807, 2.05) is 0 Å². The Morgan fingerprint density at radius 2 is 0.763 bits per heavy atom. The zero-order valence-corrected chi connectivity index (χ0v) is 62.2. The van der Waals surface area contributed by atoms with Crippen molar-refractivity contribution in [2.75, 3.05) is 26.4 Å². The van der Waals surface area contributed by atoms with Crippen LogP contribution in [0.3, 0.4) is 0 Å². The van der Waals surface area contributed by atoms with Crippen LogP contribution in [0.1, 0.15) is 303 Å². The summed E-state index contributed by atoms with van der Waals surface area (Å²) < 4.78 is 26.9. The minimum absolute atomic E-state index is 0.438. The lowest BCUT2D eigenvalue weighted by Crippen LogP contribution is -2.40. The van der Waals surface area contributed by atoms with Gasteiger partial charge in [-0.15, -0.1) is 11.1 Å². The maximum absolute atomic E-state index is 9.52. The lowest BCUT2D eigenvalue weighted by molar-refractivity contribution is 0.295. The highest BCUT2D eigenvalue weighted by Gasteiger charge is 2.39. The summed E-state index contributed by atoms with van der Waals surface area (Å²) in [6.07, 6.45) is 36.1. The molecule has 1 aliphatic carbocycles. The molecule has 1 heterocycles. The first-order valence-corrected chi connectivity index (χ1v) is 41.8. The van der Waals surface area contributed by atoms with Gasteiger partial charge < -0.3 is 18.9 Å². The summed E-state index contributed by atoms with van der Waals surface area (Å²) in [7, 11) is -4.30. The topological polar surface area (TPSA) is 96.9 Å². The predicted molar refractivity (Wildman–Crippen MR) is 400 cm³/mol. The Hall–Kier alpha value is -6.34. The molecule has 0 unspecified atom stereocenters. The molecule has 0 fully saturated rings. The lowest BCUT2D eigenvalue weighted by Gasteiger charge is -2.34. The Kier molecular flexibility index (Phi) is 36.3. The molecule has 0 bridgehead atoms. The standard InChI is InChI=1S/C84H119N3O4Si2/c1-13-17-21-25-29-35-53-88-81-65-75(49-59-92(67(5)6,68(7)8)57-39-33-51-85)83(90-55-37-31-27-23-19-15-3)63-73(81)45-41-71-43-47-77-78-48-44-72(62-80(78)87-79(77)61-71)42-46-74-64-84(91-56-38-32-28-24-20-16-4)76(66-82(74)89-54-36-30-26-22-18-14-2)50-60-93(69(9)10,70(11)12)58-40-34-52-86/h43-44,47-48,61,63-70H,13-40,53-58,62H2,1-12H3. The summed E-state index contributed by atoms with van der Waals surface area (Å²) >= 11 is 0. The Bertz CT molecular complexity index is 3210. The fraction of sp³-hybridized carbons (Fsp3) is 0.607. The van der Waals surface area contributed by atoms with Gasteiger partial charge in [-0.1, -0.05) is 259 Å². The number of aliphatic imine (C=N–C) groups is 1. The average molecular weight is 1290 g/mol. The summed E-state index contributed by atoms with van der Waals surface area (Å²) in [6.45, 7) is 30.1. The van der Waals surface area contributed by atoms with Crippen LogP contribution in [0.15, 0.2) is 65.2 Å². The lowest BCUT2D eigenvalue weighted by atomic mass is 9.92. The number of hydrogen-bond donors (Lipinski definition) is 0. The molecule has 3 aromatic rings. The van der Waals surface area contributed by atoms with Crippen LogP contribution < -0.4 is 18.9 Å². The van der Waals surface area contributed by atoms with E-state index >= 15 is 0 Å². The van der Waals surface area contributed by atoms with Gasteiger partial charge in [-0.25, -0.2) is 0 Å². The molecular weight excluding hydrogens is 1170 g/mol. The summed E-state index contributed by atoms with van der Waals surface area (Å²) in [6, 6.07) is 21.6. The summed E-state index contributed by atoms with van der Waals surface area (Å²) in [5, 5.41) is 19.0. The molecule has 0 spiro atoms. The summed E-state index contributed by atoms with van der Waals surface area (Å²) in [4.78, 5) is 5.27. The van der Waals surface area contributed by atoms with Gasteiger partial charge in [0, 0.05) is 65.8 Å². The minimum Gasteiger partial charge on any atom is -0.492 e. The maximum Gasteiger partial charge on any atom is 0.143 e. The van der Waals surface area contributed by atoms with Crippen LogP contribution in [0.2, 0.25) is 34.3 Å². The number of ether oxygens (including phenoxy) is 4. The highest BCUT2D eigenvalue weighted by Crippen LogP contribution is 2.42. The van der Waals surface area contributed by atoms with Crippen molar-refractivity contribution >= 4 is 33.1 Å². The van der Waals surface area contributed by atoms with Crippen molar-refractivity contribution in [3.8, 4) is 81.7 Å². The van der Waals surface area contributed by atoms with Gasteiger partial charge in [0.05, 0.1) is 72.2 Å². The van der Waals surface area contributed by atoms with Gasteiger partial charge in [0.15, 0.2) is 0 Å². The first-order valence-electron chi connectivity index (χ1n) is 37.0. The number of nitrogens with zero attached hydrogens (tertiary/aromatic N) is 3. The highest BCUT2D eigenvalue weighted by atomic mass is 28.3. The maximum atomic E-state index is 9.52. The molecular formula is C84H119N3O4Si2. The molecule has 0 radical (unpaired) electrons. The molecule has 0 N–H and O–H groups in total. The van der Waals surface area contributed by atoms with E-state index < -0.39 is 16.1 Å². The molecule has 3 aromatic carbocycles. The van der Waals surface area contributed by atoms with E-state index in [1.54, 1.807) is 0 Å². The van der Waals surface area contributed by atoms with Crippen molar-refractivity contribution in [3.63, 3.8) is 0 Å². The molecule has 0 saturated heterocycles. The number of unbranched alkanes of at least 4 members (excludes halogenated alkanes) is 22. The van der Waals surface area contributed by atoms with E-state index in [9.17, 15) is 10.5 Å². The molecule has 1 aliphatic heterocycles. The van der Waals surface area contributed by atoms with Gasteiger partial charge in [-0.3, -0.25) is 4.99 Å². The third kappa shape index (κ3) is 25.4. The van der Waals surface area contributed by atoms with Gasteiger partial charge in [-0.2, -0.15) is 10.5 Å². The predicted octanol–water partition coefficient (Wildman–Crippen LogP) is 23.8. The van der Waals surface area contributed by atoms with Gasteiger partial charge in [0.1, 0.15) is 39.1 Å². The van der Waals surface area contributed by atoms with Crippen LogP contribution in [0.25, 0.3) is 5.57 Å². The molecule has 5 rings (SSSR count). The Balaban J connectivity index is 1.52. The van der Waals surface area contributed by atoms with Crippen molar-refractivity contribution in [2.45, 2.75) is 304 Å². The van der Waals surface area contributed by atoms with Crippen LogP contribution >= 0.6 is 0 Å². The van der Waals surface area contributed by atoms with Crippen molar-refractivity contribution in [2.24, 2.45) is 4.99 Å². The summed E-state index contributed by atoms with van der Waals surface area (Å²) in [5.41, 5.74) is 19.0. The fourth-order valence-corrected chi connectivity index (χ4v) is 21.8. The van der Waals surface area contributed by atoms with Crippen LogP contribution in [0.4, 0.5) is 5.69 Å². The second-order valence-electron chi connectivity index (χ2n) is 27.6. The summed E-state index contributed by atoms with van der Waals surface area (Å²) in [5.74, 6) is 24.8. The van der Waals surface area contributed by atoms with E-state index in [0.717, 1.165) is 155 Å². The second-order valence-corrected chi connectivity index (χ2v) is 37.9. The number of hydrogen-bond acceptors (Lipinski definition) is 7. The number of rotatable bonds is 42. The van der Waals surface area contributed by atoms with Gasteiger partial charge in [0.25, 0.3) is 0 Å². The monoisotopic (exact) mass is 1290 g/mol. The third-order valence-electron chi connectivity index (χ3n) is 19.3. The second kappa shape index (κ2) is 43.6.